The summed E-state index contributed by atoms with van der Waals surface area (Å²) < 4.78 is 40.7. The number of halogens is 4. The minimum Gasteiger partial charge on any atom is -0.377 e. The minimum absolute atomic E-state index is 0.0125. The lowest BCUT2D eigenvalue weighted by Gasteiger charge is -2.38. The minimum atomic E-state index is -4.54. The second-order valence-electron chi connectivity index (χ2n) is 6.74. The molecule has 4 nitrogen and oxygen atoms in total. The van der Waals surface area contributed by atoms with Gasteiger partial charge in [0.2, 0.25) is 0 Å². The van der Waals surface area contributed by atoms with Gasteiger partial charge in [-0.3, -0.25) is 10.1 Å². The van der Waals surface area contributed by atoms with Gasteiger partial charge in [-0.1, -0.05) is 35.9 Å². The highest BCUT2D eigenvalue weighted by atomic mass is 35.5. The van der Waals surface area contributed by atoms with Crippen molar-refractivity contribution in [3.05, 3.63) is 80.4 Å². The number of nitrogens with zero attached hydrogens (tertiary/aromatic N) is 1. The number of hydrogen-bond donors (Lipinski definition) is 1. The molecule has 3 atom stereocenters. The van der Waals surface area contributed by atoms with Crippen LogP contribution in [0.3, 0.4) is 0 Å². The first-order chi connectivity index (χ1) is 12.8. The van der Waals surface area contributed by atoms with Gasteiger partial charge in [-0.25, -0.2) is 0 Å². The number of rotatable bonds is 2. The van der Waals surface area contributed by atoms with E-state index < -0.39 is 16.7 Å². The second-order valence-corrected chi connectivity index (χ2v) is 7.18. The summed E-state index contributed by atoms with van der Waals surface area (Å²) in [5, 5.41) is 14.0. The van der Waals surface area contributed by atoms with E-state index in [1.165, 1.54) is 12.1 Å². The number of allylic oxidation sites excluding steroid dienone is 2. The maximum Gasteiger partial charge on any atom is 0.418 e. The molecular formula is C19H14ClF3N2O2. The highest BCUT2D eigenvalue weighted by molar-refractivity contribution is 6.30. The predicted molar refractivity (Wildman–Crippen MR) is 95.9 cm³/mol. The molecule has 140 valence electrons. The number of anilines is 1. The highest BCUT2D eigenvalue weighted by Crippen LogP contribution is 2.53. The lowest BCUT2D eigenvalue weighted by Crippen LogP contribution is -2.30. The van der Waals surface area contributed by atoms with Crippen molar-refractivity contribution >= 4 is 23.0 Å². The summed E-state index contributed by atoms with van der Waals surface area (Å²) in [6.45, 7) is 0. The molecule has 2 aliphatic rings. The van der Waals surface area contributed by atoms with Crippen molar-refractivity contribution in [3.63, 3.8) is 0 Å². The van der Waals surface area contributed by atoms with Crippen molar-refractivity contribution in [2.24, 2.45) is 5.92 Å². The Kier molecular flexibility index (Phi) is 4.14. The Morgan fingerprint density at radius 3 is 2.52 bits per heavy atom. The quantitative estimate of drug-likeness (QED) is 0.380. The van der Waals surface area contributed by atoms with Gasteiger partial charge in [0, 0.05) is 23.1 Å². The standard InChI is InChI=1S/C19H14ClF3N2O2/c20-11-8-15-13-2-1-3-14(13)17(10-4-6-12(7-5-10)25(26)27)24-18(15)16(9-11)19(21,22)23/h1-2,4-9,13-14,17,24H,3H2. The Bertz CT molecular complexity index is 941. The molecule has 0 radical (unpaired) electrons. The number of nitro benzene ring substituents is 1. The maximum atomic E-state index is 13.6. The van der Waals surface area contributed by atoms with Gasteiger partial charge < -0.3 is 5.32 Å². The molecule has 4 rings (SSSR count). The van der Waals surface area contributed by atoms with Crippen molar-refractivity contribution < 1.29 is 18.1 Å². The molecule has 0 amide bonds. The van der Waals surface area contributed by atoms with Crippen molar-refractivity contribution in [1.82, 2.24) is 0 Å². The first-order valence-electron chi connectivity index (χ1n) is 8.34. The number of benzene rings is 2. The highest BCUT2D eigenvalue weighted by Gasteiger charge is 2.43. The molecule has 0 saturated carbocycles. The summed E-state index contributed by atoms with van der Waals surface area (Å²) in [6.07, 6.45) is 0.0294. The molecule has 0 spiro atoms. The molecule has 0 aromatic heterocycles. The molecule has 2 aromatic carbocycles. The van der Waals surface area contributed by atoms with Crippen LogP contribution in [-0.2, 0) is 6.18 Å². The lowest BCUT2D eigenvalue weighted by atomic mass is 9.76. The van der Waals surface area contributed by atoms with E-state index in [0.717, 1.165) is 6.07 Å². The average Bonchev–Trinajstić information content (AvgIpc) is 3.10. The van der Waals surface area contributed by atoms with Crippen LogP contribution in [0.5, 0.6) is 0 Å². The van der Waals surface area contributed by atoms with E-state index in [0.29, 0.717) is 17.5 Å². The van der Waals surface area contributed by atoms with E-state index in [1.54, 1.807) is 18.2 Å². The van der Waals surface area contributed by atoms with Crippen LogP contribution in [0.1, 0.15) is 35.1 Å². The molecule has 1 N–H and O–H groups in total. The molecular weight excluding hydrogens is 381 g/mol. The topological polar surface area (TPSA) is 55.2 Å². The fourth-order valence-electron chi connectivity index (χ4n) is 4.02. The monoisotopic (exact) mass is 394 g/mol. The van der Waals surface area contributed by atoms with Crippen molar-refractivity contribution in [2.75, 3.05) is 5.32 Å². The number of fused-ring (bicyclic) bond motifs is 3. The Balaban J connectivity index is 1.82. The van der Waals surface area contributed by atoms with Gasteiger partial charge in [-0.05, 0) is 35.6 Å². The predicted octanol–water partition coefficient (Wildman–Crippen LogP) is 6.09. The lowest BCUT2D eigenvalue weighted by molar-refractivity contribution is -0.384. The van der Waals surface area contributed by atoms with Gasteiger partial charge in [0.05, 0.1) is 22.2 Å². The SMILES string of the molecule is O=[N+]([O-])c1ccc(C2Nc3c(cc(Cl)cc3C(F)(F)F)C3C=CCC32)cc1. The molecule has 1 aliphatic carbocycles. The smallest absolute Gasteiger partial charge is 0.377 e. The molecule has 27 heavy (non-hydrogen) atoms. The first kappa shape index (κ1) is 17.9. The Morgan fingerprint density at radius 1 is 1.19 bits per heavy atom. The van der Waals surface area contributed by atoms with Crippen molar-refractivity contribution in [1.29, 1.82) is 0 Å². The zero-order chi connectivity index (χ0) is 19.3. The summed E-state index contributed by atoms with van der Waals surface area (Å²) in [4.78, 5) is 10.4. The van der Waals surface area contributed by atoms with E-state index in [-0.39, 0.29) is 34.3 Å². The second kappa shape index (κ2) is 6.27. The van der Waals surface area contributed by atoms with Gasteiger partial charge in [0.15, 0.2) is 0 Å². The fourth-order valence-corrected chi connectivity index (χ4v) is 4.25. The zero-order valence-electron chi connectivity index (χ0n) is 13.8. The summed E-state index contributed by atoms with van der Waals surface area (Å²) in [7, 11) is 0. The van der Waals surface area contributed by atoms with Gasteiger partial charge in [-0.15, -0.1) is 0 Å². The van der Waals surface area contributed by atoms with Crippen LogP contribution in [0.25, 0.3) is 0 Å². The summed E-state index contributed by atoms with van der Waals surface area (Å²) in [5.41, 5.74) is 0.428. The Labute approximate surface area is 157 Å². The molecule has 0 saturated heterocycles. The van der Waals surface area contributed by atoms with E-state index in [2.05, 4.69) is 5.32 Å². The molecule has 8 heteroatoms. The van der Waals surface area contributed by atoms with Gasteiger partial charge in [0.1, 0.15) is 0 Å². The van der Waals surface area contributed by atoms with Gasteiger partial charge in [0.25, 0.3) is 5.69 Å². The average molecular weight is 395 g/mol. The van der Waals surface area contributed by atoms with Crippen LogP contribution >= 0.6 is 11.6 Å². The van der Waals surface area contributed by atoms with E-state index in [1.807, 2.05) is 12.2 Å². The molecule has 2 aromatic rings. The van der Waals surface area contributed by atoms with Crippen LogP contribution in [0.4, 0.5) is 24.5 Å². The summed E-state index contributed by atoms with van der Waals surface area (Å²) >= 11 is 5.96. The fraction of sp³-hybridized carbons (Fsp3) is 0.263. The maximum absolute atomic E-state index is 13.6. The van der Waals surface area contributed by atoms with E-state index in [9.17, 15) is 23.3 Å². The summed E-state index contributed by atoms with van der Waals surface area (Å²) in [6, 6.07) is 8.06. The van der Waals surface area contributed by atoms with Gasteiger partial charge >= 0.3 is 6.18 Å². The zero-order valence-corrected chi connectivity index (χ0v) is 14.6. The Hall–Kier alpha value is -2.54. The molecule has 0 bridgehead atoms. The Morgan fingerprint density at radius 2 is 1.89 bits per heavy atom. The van der Waals surface area contributed by atoms with Crippen LogP contribution in [-0.4, -0.2) is 4.92 Å². The molecule has 3 unspecified atom stereocenters. The largest absolute Gasteiger partial charge is 0.418 e. The third-order valence-electron chi connectivity index (χ3n) is 5.20. The molecule has 1 aliphatic heterocycles. The number of non-ortho nitro benzene ring substituents is 1. The first-order valence-corrected chi connectivity index (χ1v) is 8.71. The van der Waals surface area contributed by atoms with E-state index in [4.69, 9.17) is 11.6 Å². The summed E-state index contributed by atoms with van der Waals surface area (Å²) in [5.74, 6) is -0.181. The van der Waals surface area contributed by atoms with Crippen LogP contribution in [0.2, 0.25) is 5.02 Å². The van der Waals surface area contributed by atoms with Crippen LogP contribution in [0, 0.1) is 16.0 Å². The van der Waals surface area contributed by atoms with Crippen molar-refractivity contribution in [2.45, 2.75) is 24.6 Å². The molecule has 1 heterocycles. The van der Waals surface area contributed by atoms with Crippen molar-refractivity contribution in [3.8, 4) is 0 Å². The van der Waals surface area contributed by atoms with E-state index >= 15 is 0 Å². The van der Waals surface area contributed by atoms with Crippen LogP contribution in [0.15, 0.2) is 48.6 Å². The third-order valence-corrected chi connectivity index (χ3v) is 5.42. The third kappa shape index (κ3) is 3.06. The number of alkyl halides is 3. The number of nitrogens with one attached hydrogen (secondary N) is 1. The number of nitro groups is 1. The number of hydrogen-bond acceptors (Lipinski definition) is 3. The van der Waals surface area contributed by atoms with Gasteiger partial charge in [-0.2, -0.15) is 13.2 Å². The van der Waals surface area contributed by atoms with Crippen LogP contribution < -0.4 is 5.32 Å². The molecule has 0 fully saturated rings. The normalized spacial score (nSPS) is 23.5.